The summed E-state index contributed by atoms with van der Waals surface area (Å²) in [4.78, 5) is 24.2. The van der Waals surface area contributed by atoms with Crippen molar-refractivity contribution in [2.75, 3.05) is 13.2 Å². The molecule has 0 bridgehead atoms. The van der Waals surface area contributed by atoms with E-state index < -0.39 is 5.97 Å². The highest BCUT2D eigenvalue weighted by Gasteiger charge is 2.13. The van der Waals surface area contributed by atoms with Gasteiger partial charge in [-0.3, -0.25) is 9.59 Å². The van der Waals surface area contributed by atoms with Gasteiger partial charge in [0.25, 0.3) is 5.56 Å². The first-order chi connectivity index (χ1) is 12.5. The van der Waals surface area contributed by atoms with E-state index in [1.807, 2.05) is 0 Å². The fourth-order valence-electron chi connectivity index (χ4n) is 2.54. The number of esters is 1. The molecule has 1 aromatic heterocycles. The molecule has 0 atom stereocenters. The van der Waals surface area contributed by atoms with Crippen LogP contribution in [0.25, 0.3) is 10.8 Å². The monoisotopic (exact) mass is 372 g/mol. The van der Waals surface area contributed by atoms with Crippen LogP contribution in [0.1, 0.15) is 5.69 Å². The molecule has 0 aliphatic carbocycles. The van der Waals surface area contributed by atoms with E-state index in [0.29, 0.717) is 27.2 Å². The van der Waals surface area contributed by atoms with Gasteiger partial charge in [-0.1, -0.05) is 29.8 Å². The molecule has 0 saturated carbocycles. The van der Waals surface area contributed by atoms with E-state index in [-0.39, 0.29) is 25.2 Å². The van der Waals surface area contributed by atoms with Crippen LogP contribution in [0.3, 0.4) is 0 Å². The molecular formula is C19H17ClN2O4. The van der Waals surface area contributed by atoms with Gasteiger partial charge >= 0.3 is 5.97 Å². The van der Waals surface area contributed by atoms with Crippen LogP contribution in [-0.4, -0.2) is 29.0 Å². The minimum absolute atomic E-state index is 0.0183. The summed E-state index contributed by atoms with van der Waals surface area (Å²) >= 11 is 5.80. The van der Waals surface area contributed by atoms with Gasteiger partial charge in [0.05, 0.1) is 17.5 Å². The number of ether oxygens (including phenoxy) is 2. The summed E-state index contributed by atoms with van der Waals surface area (Å²) in [5.41, 5.74) is 0.306. The number of aromatic nitrogens is 2. The van der Waals surface area contributed by atoms with Crippen molar-refractivity contribution in [2.24, 2.45) is 7.05 Å². The largest absolute Gasteiger partial charge is 0.490 e. The van der Waals surface area contributed by atoms with Crippen LogP contribution in [-0.2, 0) is 23.0 Å². The summed E-state index contributed by atoms with van der Waals surface area (Å²) in [5, 5.41) is 5.99. The van der Waals surface area contributed by atoms with Crippen LogP contribution in [0.2, 0.25) is 5.02 Å². The summed E-state index contributed by atoms with van der Waals surface area (Å²) in [5.74, 6) is 0.220. The number of benzene rings is 2. The van der Waals surface area contributed by atoms with Crippen molar-refractivity contribution < 1.29 is 14.3 Å². The second-order valence-electron chi connectivity index (χ2n) is 5.62. The van der Waals surface area contributed by atoms with Gasteiger partial charge in [-0.05, 0) is 30.3 Å². The normalized spacial score (nSPS) is 10.7. The lowest BCUT2D eigenvalue weighted by atomic mass is 10.1. The van der Waals surface area contributed by atoms with Crippen molar-refractivity contribution in [3.8, 4) is 5.75 Å². The molecule has 0 amide bonds. The van der Waals surface area contributed by atoms with Gasteiger partial charge in [0.1, 0.15) is 19.0 Å². The molecule has 134 valence electrons. The SMILES string of the molecule is Cn1nc(CC(=O)OCCOc2ccc(Cl)cc2)c2ccccc2c1=O. The lowest BCUT2D eigenvalue weighted by Crippen LogP contribution is -2.23. The van der Waals surface area contributed by atoms with Crippen molar-refractivity contribution in [1.82, 2.24) is 9.78 Å². The zero-order chi connectivity index (χ0) is 18.5. The third-order valence-electron chi connectivity index (χ3n) is 3.77. The second-order valence-corrected chi connectivity index (χ2v) is 6.06. The maximum Gasteiger partial charge on any atom is 0.312 e. The van der Waals surface area contributed by atoms with Gasteiger partial charge in [-0.25, -0.2) is 4.68 Å². The van der Waals surface area contributed by atoms with E-state index in [4.69, 9.17) is 21.1 Å². The first-order valence-electron chi connectivity index (χ1n) is 8.03. The molecule has 1 heterocycles. The maximum absolute atomic E-state index is 12.1. The number of carbonyl (C=O) groups is 1. The van der Waals surface area contributed by atoms with Gasteiger partial charge in [0, 0.05) is 17.5 Å². The highest BCUT2D eigenvalue weighted by molar-refractivity contribution is 6.30. The first-order valence-corrected chi connectivity index (χ1v) is 8.41. The van der Waals surface area contributed by atoms with Crippen molar-refractivity contribution in [2.45, 2.75) is 6.42 Å². The number of hydrogen-bond donors (Lipinski definition) is 0. The Morgan fingerprint density at radius 1 is 1.08 bits per heavy atom. The quantitative estimate of drug-likeness (QED) is 0.491. The molecule has 3 rings (SSSR count). The highest BCUT2D eigenvalue weighted by atomic mass is 35.5. The Bertz CT molecular complexity index is 983. The zero-order valence-electron chi connectivity index (χ0n) is 14.1. The number of nitrogens with zero attached hydrogens (tertiary/aromatic N) is 2. The molecule has 6 nitrogen and oxygen atoms in total. The Morgan fingerprint density at radius 3 is 2.50 bits per heavy atom. The molecule has 0 aliphatic heterocycles. The third kappa shape index (κ3) is 4.21. The van der Waals surface area contributed by atoms with Gasteiger partial charge in [0.15, 0.2) is 0 Å². The van der Waals surface area contributed by atoms with Gasteiger partial charge < -0.3 is 9.47 Å². The van der Waals surface area contributed by atoms with E-state index in [2.05, 4.69) is 5.10 Å². The number of carbonyl (C=O) groups excluding carboxylic acids is 1. The molecule has 0 aliphatic rings. The molecule has 0 radical (unpaired) electrons. The predicted octanol–water partition coefficient (Wildman–Crippen LogP) is 2.75. The van der Waals surface area contributed by atoms with Crippen LogP contribution in [0.5, 0.6) is 5.75 Å². The van der Waals surface area contributed by atoms with E-state index in [1.54, 1.807) is 55.6 Å². The lowest BCUT2D eigenvalue weighted by molar-refractivity contribution is -0.143. The molecule has 0 N–H and O–H groups in total. The fourth-order valence-corrected chi connectivity index (χ4v) is 2.67. The standard InChI is InChI=1S/C19H17ClN2O4/c1-22-19(24)16-5-3-2-4-15(16)17(21-22)12-18(23)26-11-10-25-14-8-6-13(20)7-9-14/h2-9H,10-12H2,1H3. The molecule has 0 fully saturated rings. The Labute approximate surface area is 154 Å². The average Bonchev–Trinajstić information content (AvgIpc) is 2.64. The summed E-state index contributed by atoms with van der Waals surface area (Å²) in [6.07, 6.45) is -0.0183. The number of fused-ring (bicyclic) bond motifs is 1. The molecule has 0 spiro atoms. The van der Waals surface area contributed by atoms with Crippen LogP contribution in [0.15, 0.2) is 53.3 Å². The zero-order valence-corrected chi connectivity index (χ0v) is 14.9. The minimum Gasteiger partial charge on any atom is -0.490 e. The maximum atomic E-state index is 12.1. The number of hydrogen-bond acceptors (Lipinski definition) is 5. The van der Waals surface area contributed by atoms with Crippen LogP contribution >= 0.6 is 11.6 Å². The smallest absolute Gasteiger partial charge is 0.312 e. The summed E-state index contributed by atoms with van der Waals surface area (Å²) in [6, 6.07) is 14.0. The molecule has 3 aromatic rings. The molecule has 0 saturated heterocycles. The van der Waals surface area contributed by atoms with Gasteiger partial charge in [-0.2, -0.15) is 5.10 Å². The molecule has 2 aromatic carbocycles. The van der Waals surface area contributed by atoms with Gasteiger partial charge in [-0.15, -0.1) is 0 Å². The van der Waals surface area contributed by atoms with E-state index in [0.717, 1.165) is 0 Å². The van der Waals surface area contributed by atoms with Crippen LogP contribution in [0.4, 0.5) is 0 Å². The van der Waals surface area contributed by atoms with Crippen molar-refractivity contribution >= 4 is 28.3 Å². The van der Waals surface area contributed by atoms with E-state index in [9.17, 15) is 9.59 Å². The molecule has 0 unspecified atom stereocenters. The first kappa shape index (κ1) is 17.9. The topological polar surface area (TPSA) is 70.4 Å². The Hall–Kier alpha value is -2.86. The Balaban J connectivity index is 1.58. The van der Waals surface area contributed by atoms with E-state index >= 15 is 0 Å². The third-order valence-corrected chi connectivity index (χ3v) is 4.03. The summed E-state index contributed by atoms with van der Waals surface area (Å²) in [6.45, 7) is 0.347. The fraction of sp³-hybridized carbons (Fsp3) is 0.211. The number of aryl methyl sites for hydroxylation is 1. The highest BCUT2D eigenvalue weighted by Crippen LogP contribution is 2.16. The minimum atomic E-state index is -0.430. The van der Waals surface area contributed by atoms with Crippen molar-refractivity contribution in [1.29, 1.82) is 0 Å². The molecule has 7 heteroatoms. The predicted molar refractivity (Wildman–Crippen MR) is 98.6 cm³/mol. The van der Waals surface area contributed by atoms with Crippen LogP contribution < -0.4 is 10.3 Å². The Morgan fingerprint density at radius 2 is 1.77 bits per heavy atom. The summed E-state index contributed by atoms with van der Waals surface area (Å²) in [7, 11) is 1.56. The second kappa shape index (κ2) is 8.01. The number of rotatable bonds is 6. The average molecular weight is 373 g/mol. The van der Waals surface area contributed by atoms with Crippen molar-refractivity contribution in [3.05, 3.63) is 69.6 Å². The lowest BCUT2D eigenvalue weighted by Gasteiger charge is -2.09. The molecular weight excluding hydrogens is 356 g/mol. The summed E-state index contributed by atoms with van der Waals surface area (Å²) < 4.78 is 11.9. The van der Waals surface area contributed by atoms with Crippen molar-refractivity contribution in [3.63, 3.8) is 0 Å². The van der Waals surface area contributed by atoms with Gasteiger partial charge in [0.2, 0.25) is 0 Å². The Kier molecular flexibility index (Phi) is 5.53. The molecule has 26 heavy (non-hydrogen) atoms. The van der Waals surface area contributed by atoms with E-state index in [1.165, 1.54) is 4.68 Å². The number of halogens is 1. The van der Waals surface area contributed by atoms with Crippen LogP contribution in [0, 0.1) is 0 Å².